The molecule has 4 rings (SSSR count). The highest BCUT2D eigenvalue weighted by atomic mass is 32.2. The molecule has 1 N–H and O–H groups in total. The van der Waals surface area contributed by atoms with E-state index in [9.17, 15) is 4.79 Å². The zero-order valence-electron chi connectivity index (χ0n) is 14.6. The molecule has 6 heteroatoms. The van der Waals surface area contributed by atoms with E-state index in [1.54, 1.807) is 0 Å². The summed E-state index contributed by atoms with van der Waals surface area (Å²) >= 11 is 1.40. The van der Waals surface area contributed by atoms with Crippen LogP contribution in [-0.2, 0) is 17.8 Å². The van der Waals surface area contributed by atoms with Gasteiger partial charge in [0.15, 0.2) is 5.82 Å². The predicted octanol–water partition coefficient (Wildman–Crippen LogP) is 3.54. The Labute approximate surface area is 156 Å². The maximum Gasteiger partial charge on any atom is 0.236 e. The number of nitrogens with one attached hydrogen (secondary N) is 1. The maximum atomic E-state index is 12.8. The second kappa shape index (κ2) is 7.33. The minimum absolute atomic E-state index is 0.135. The molecule has 0 unspecified atom stereocenters. The van der Waals surface area contributed by atoms with Gasteiger partial charge in [0, 0.05) is 18.7 Å². The van der Waals surface area contributed by atoms with Crippen LogP contribution >= 0.6 is 11.8 Å². The van der Waals surface area contributed by atoms with Gasteiger partial charge < -0.3 is 4.90 Å². The number of nitrogens with zero attached hydrogens (tertiary/aromatic N) is 3. The minimum Gasteiger partial charge on any atom is -0.337 e. The van der Waals surface area contributed by atoms with Gasteiger partial charge >= 0.3 is 0 Å². The number of amides is 1. The number of carbonyl (C=O) groups excluding carboxylic acids is 1. The van der Waals surface area contributed by atoms with Crippen LogP contribution in [0.15, 0.2) is 59.8 Å². The Morgan fingerprint density at radius 2 is 1.85 bits per heavy atom. The standard InChI is InChI=1S/C20H20N4OS/c1-14(19(25)24-12-11-15-7-5-6-10-17(15)13-24)26-20-21-18(22-23-20)16-8-3-2-4-9-16/h2-10,14H,11-13H2,1H3,(H,21,22,23)/t14-/m0/s1. The highest BCUT2D eigenvalue weighted by Gasteiger charge is 2.26. The Morgan fingerprint density at radius 1 is 1.12 bits per heavy atom. The molecule has 0 fully saturated rings. The fourth-order valence-electron chi connectivity index (χ4n) is 3.17. The van der Waals surface area contributed by atoms with Gasteiger partial charge in [0.05, 0.1) is 5.25 Å². The summed E-state index contributed by atoms with van der Waals surface area (Å²) in [5.41, 5.74) is 3.57. The molecule has 5 nitrogen and oxygen atoms in total. The van der Waals surface area contributed by atoms with E-state index in [2.05, 4.69) is 33.4 Å². The monoisotopic (exact) mass is 364 g/mol. The Hall–Kier alpha value is -2.60. The Kier molecular flexibility index (Phi) is 4.75. The van der Waals surface area contributed by atoms with Gasteiger partial charge in [-0.25, -0.2) is 4.98 Å². The fourth-order valence-corrected chi connectivity index (χ4v) is 3.98. The quantitative estimate of drug-likeness (QED) is 0.720. The van der Waals surface area contributed by atoms with Crippen molar-refractivity contribution in [2.45, 2.75) is 30.3 Å². The highest BCUT2D eigenvalue weighted by Crippen LogP contribution is 2.26. The lowest BCUT2D eigenvalue weighted by Gasteiger charge is -2.30. The van der Waals surface area contributed by atoms with Crippen LogP contribution in [0.5, 0.6) is 0 Å². The number of rotatable bonds is 4. The van der Waals surface area contributed by atoms with E-state index in [-0.39, 0.29) is 11.2 Å². The van der Waals surface area contributed by atoms with Crippen LogP contribution in [0.25, 0.3) is 11.4 Å². The molecule has 0 saturated carbocycles. The number of H-pyrrole nitrogens is 1. The maximum absolute atomic E-state index is 12.8. The molecule has 132 valence electrons. The lowest BCUT2D eigenvalue weighted by atomic mass is 10.00. The molecule has 0 radical (unpaired) electrons. The van der Waals surface area contributed by atoms with Crippen molar-refractivity contribution in [3.8, 4) is 11.4 Å². The van der Waals surface area contributed by atoms with E-state index < -0.39 is 0 Å². The zero-order chi connectivity index (χ0) is 17.9. The molecule has 2 heterocycles. The number of aromatic nitrogens is 3. The summed E-state index contributed by atoms with van der Waals surface area (Å²) < 4.78 is 0. The minimum atomic E-state index is -0.223. The van der Waals surface area contributed by atoms with Crippen LogP contribution in [-0.4, -0.2) is 37.8 Å². The molecule has 1 amide bonds. The fraction of sp³-hybridized carbons (Fsp3) is 0.250. The van der Waals surface area contributed by atoms with Crippen LogP contribution in [0.4, 0.5) is 0 Å². The van der Waals surface area contributed by atoms with Crippen molar-refractivity contribution in [1.29, 1.82) is 0 Å². The van der Waals surface area contributed by atoms with Crippen LogP contribution in [0.1, 0.15) is 18.1 Å². The number of hydrogen-bond donors (Lipinski definition) is 1. The number of fused-ring (bicyclic) bond motifs is 1. The molecule has 0 bridgehead atoms. The molecule has 1 aliphatic rings. The van der Waals surface area contributed by atoms with Crippen molar-refractivity contribution in [2.75, 3.05) is 6.54 Å². The Bertz CT molecular complexity index is 909. The molecule has 0 aliphatic carbocycles. The first kappa shape index (κ1) is 16.8. The molecule has 26 heavy (non-hydrogen) atoms. The third-order valence-electron chi connectivity index (χ3n) is 4.58. The summed E-state index contributed by atoms with van der Waals surface area (Å²) in [6.45, 7) is 3.37. The van der Waals surface area contributed by atoms with Gasteiger partial charge in [-0.2, -0.15) is 0 Å². The molecule has 0 saturated heterocycles. The average molecular weight is 364 g/mol. The number of aromatic amines is 1. The van der Waals surface area contributed by atoms with Crippen molar-refractivity contribution < 1.29 is 4.79 Å². The topological polar surface area (TPSA) is 61.9 Å². The first-order chi connectivity index (χ1) is 12.7. The first-order valence-corrected chi connectivity index (χ1v) is 9.59. The summed E-state index contributed by atoms with van der Waals surface area (Å²) in [6.07, 6.45) is 0.915. The predicted molar refractivity (Wildman–Crippen MR) is 103 cm³/mol. The number of thioether (sulfide) groups is 1. The third-order valence-corrected chi connectivity index (χ3v) is 5.53. The van der Waals surface area contributed by atoms with Crippen LogP contribution in [0.2, 0.25) is 0 Å². The van der Waals surface area contributed by atoms with E-state index >= 15 is 0 Å². The number of benzene rings is 2. The lowest BCUT2D eigenvalue weighted by molar-refractivity contribution is -0.131. The summed E-state index contributed by atoms with van der Waals surface area (Å²) in [5, 5.41) is 7.58. The van der Waals surface area contributed by atoms with Crippen molar-refractivity contribution in [2.24, 2.45) is 0 Å². The van der Waals surface area contributed by atoms with E-state index in [1.807, 2.05) is 48.2 Å². The van der Waals surface area contributed by atoms with Crippen LogP contribution in [0.3, 0.4) is 0 Å². The van der Waals surface area contributed by atoms with Gasteiger partial charge in [-0.15, -0.1) is 5.10 Å². The van der Waals surface area contributed by atoms with Gasteiger partial charge in [0.1, 0.15) is 0 Å². The molecular formula is C20H20N4OS. The third kappa shape index (κ3) is 3.51. The van der Waals surface area contributed by atoms with Crippen molar-refractivity contribution in [3.05, 3.63) is 65.7 Å². The van der Waals surface area contributed by atoms with Gasteiger partial charge in [0.2, 0.25) is 11.1 Å². The van der Waals surface area contributed by atoms with E-state index in [1.165, 1.54) is 22.9 Å². The van der Waals surface area contributed by atoms with E-state index in [4.69, 9.17) is 0 Å². The SMILES string of the molecule is C[C@H](Sc1n[nH]c(-c2ccccc2)n1)C(=O)N1CCc2ccccc2C1. The summed E-state index contributed by atoms with van der Waals surface area (Å²) in [6, 6.07) is 18.2. The normalized spacial score (nSPS) is 14.7. The van der Waals surface area contributed by atoms with Gasteiger partial charge in [-0.05, 0) is 24.5 Å². The summed E-state index contributed by atoms with van der Waals surface area (Å²) in [4.78, 5) is 19.3. The Balaban J connectivity index is 1.42. The summed E-state index contributed by atoms with van der Waals surface area (Å²) in [5.74, 6) is 0.857. The summed E-state index contributed by atoms with van der Waals surface area (Å²) in [7, 11) is 0. The van der Waals surface area contributed by atoms with Crippen LogP contribution < -0.4 is 0 Å². The largest absolute Gasteiger partial charge is 0.337 e. The van der Waals surface area contributed by atoms with E-state index in [0.717, 1.165) is 24.4 Å². The molecular weight excluding hydrogens is 344 g/mol. The molecule has 0 spiro atoms. The smallest absolute Gasteiger partial charge is 0.236 e. The first-order valence-electron chi connectivity index (χ1n) is 8.71. The lowest BCUT2D eigenvalue weighted by Crippen LogP contribution is -2.40. The molecule has 2 aromatic carbocycles. The Morgan fingerprint density at radius 3 is 2.65 bits per heavy atom. The van der Waals surface area contributed by atoms with Crippen LogP contribution in [0, 0.1) is 0 Å². The molecule has 3 aromatic rings. The molecule has 1 aliphatic heterocycles. The number of hydrogen-bond acceptors (Lipinski definition) is 4. The number of carbonyl (C=O) groups is 1. The average Bonchev–Trinajstić information content (AvgIpc) is 3.16. The highest BCUT2D eigenvalue weighted by molar-refractivity contribution is 8.00. The zero-order valence-corrected chi connectivity index (χ0v) is 15.4. The van der Waals surface area contributed by atoms with Crippen molar-refractivity contribution in [1.82, 2.24) is 20.1 Å². The second-order valence-electron chi connectivity index (χ2n) is 6.37. The van der Waals surface area contributed by atoms with Gasteiger partial charge in [0.25, 0.3) is 0 Å². The van der Waals surface area contributed by atoms with E-state index in [0.29, 0.717) is 11.7 Å². The molecule has 1 aromatic heterocycles. The van der Waals surface area contributed by atoms with Gasteiger partial charge in [-0.1, -0.05) is 66.4 Å². The van der Waals surface area contributed by atoms with Crippen molar-refractivity contribution >= 4 is 17.7 Å². The molecule has 1 atom stereocenters. The van der Waals surface area contributed by atoms with Gasteiger partial charge in [-0.3, -0.25) is 9.89 Å². The second-order valence-corrected chi connectivity index (χ2v) is 7.68. The van der Waals surface area contributed by atoms with Crippen molar-refractivity contribution in [3.63, 3.8) is 0 Å².